The monoisotopic (exact) mass is 609 g/mol. The molecule has 0 aliphatic rings. The van der Waals surface area contributed by atoms with Crippen LogP contribution in [-0.2, 0) is 16.7 Å². The van der Waals surface area contributed by atoms with Gasteiger partial charge in [-0.05, 0) is 67.3 Å². The van der Waals surface area contributed by atoms with Crippen molar-refractivity contribution >= 4 is 73.0 Å². The van der Waals surface area contributed by atoms with Crippen molar-refractivity contribution in [1.82, 2.24) is 0 Å². The van der Waals surface area contributed by atoms with Gasteiger partial charge in [0, 0.05) is 47.1 Å². The Morgan fingerprint density at radius 1 is 0.780 bits per heavy atom. The lowest BCUT2D eigenvalue weighted by Crippen LogP contribution is -2.35. The summed E-state index contributed by atoms with van der Waals surface area (Å²) in [6.45, 7) is 7.43. The number of rotatable bonds is 16. The van der Waals surface area contributed by atoms with E-state index in [2.05, 4.69) is 96.1 Å². The molecule has 0 unspecified atom stereocenters. The second-order valence-electron chi connectivity index (χ2n) is 10.2. The predicted molar refractivity (Wildman–Crippen MR) is 178 cm³/mol. The van der Waals surface area contributed by atoms with Crippen LogP contribution in [0.15, 0.2) is 60.7 Å². The van der Waals surface area contributed by atoms with Gasteiger partial charge in [0.2, 0.25) is 5.52 Å². The number of aryl methyl sites for hydroxylation is 1. The van der Waals surface area contributed by atoms with Crippen molar-refractivity contribution in [2.45, 2.75) is 58.9 Å². The van der Waals surface area contributed by atoms with E-state index in [0.29, 0.717) is 19.4 Å². The van der Waals surface area contributed by atoms with Gasteiger partial charge >= 0.3 is 0 Å². The molecule has 2 heterocycles. The molecule has 4 rings (SSSR count). The van der Waals surface area contributed by atoms with Gasteiger partial charge in [-0.15, -0.1) is 11.3 Å². The standard InChI is InChI=1S/C33H40N2O3S3/c1-3-5-23-34(24-6-4-2)28-16-13-27(14-17-28)15-18-29-19-20-30(39-29)21-22-33-35(25-9-10-26-41(36,37)38)31-11-7-8-12-32(31)40-33/h7-8,11-22H,3-6,9-10,23-26H2,1-2H3/p+1. The second-order valence-corrected chi connectivity index (χ2v) is 14.0. The Labute approximate surface area is 253 Å². The number of benzene rings is 2. The minimum absolute atomic E-state index is 0.202. The number of aromatic nitrogens is 1. The predicted octanol–water partition coefficient (Wildman–Crippen LogP) is 8.67. The molecule has 2 aromatic heterocycles. The van der Waals surface area contributed by atoms with Crippen LogP contribution < -0.4 is 9.47 Å². The molecule has 0 aliphatic heterocycles. The van der Waals surface area contributed by atoms with Crippen molar-refractivity contribution in [2.24, 2.45) is 0 Å². The molecule has 8 heteroatoms. The first-order valence-electron chi connectivity index (χ1n) is 14.5. The molecular weight excluding hydrogens is 569 g/mol. The molecule has 2 aromatic carbocycles. The number of nitrogens with zero attached hydrogens (tertiary/aromatic N) is 2. The highest BCUT2D eigenvalue weighted by molar-refractivity contribution is 7.85. The van der Waals surface area contributed by atoms with Crippen molar-refractivity contribution < 1.29 is 17.5 Å². The number of para-hydroxylation sites is 1. The molecular formula is C33H41N2O3S3+. The quantitative estimate of drug-likeness (QED) is 0.0784. The summed E-state index contributed by atoms with van der Waals surface area (Å²) < 4.78 is 34.7. The highest BCUT2D eigenvalue weighted by Crippen LogP contribution is 2.25. The molecule has 5 nitrogen and oxygen atoms in total. The lowest BCUT2D eigenvalue weighted by atomic mass is 10.1. The van der Waals surface area contributed by atoms with Gasteiger partial charge in [-0.2, -0.15) is 13.0 Å². The molecule has 41 heavy (non-hydrogen) atoms. The van der Waals surface area contributed by atoms with Crippen molar-refractivity contribution in [3.05, 3.63) is 81.0 Å². The van der Waals surface area contributed by atoms with E-state index in [1.807, 2.05) is 12.1 Å². The number of fused-ring (bicyclic) bond motifs is 1. The summed E-state index contributed by atoms with van der Waals surface area (Å²) in [5.41, 5.74) is 3.65. The van der Waals surface area contributed by atoms with E-state index in [1.54, 1.807) is 22.7 Å². The molecule has 0 saturated carbocycles. The van der Waals surface area contributed by atoms with Gasteiger partial charge in [0.05, 0.1) is 5.75 Å². The van der Waals surface area contributed by atoms with E-state index in [4.69, 9.17) is 4.55 Å². The molecule has 0 radical (unpaired) electrons. The van der Waals surface area contributed by atoms with Crippen molar-refractivity contribution in [1.29, 1.82) is 0 Å². The molecule has 0 bridgehead atoms. The Hall–Kier alpha value is -2.78. The summed E-state index contributed by atoms with van der Waals surface area (Å²) in [6.07, 6.45) is 14.6. The van der Waals surface area contributed by atoms with Crippen LogP contribution in [0.3, 0.4) is 0 Å². The van der Waals surface area contributed by atoms with E-state index in [0.717, 1.165) is 23.6 Å². The second kappa shape index (κ2) is 15.4. The summed E-state index contributed by atoms with van der Waals surface area (Å²) in [5.74, 6) is -0.202. The smallest absolute Gasteiger partial charge is 0.264 e. The molecule has 1 N–H and O–H groups in total. The van der Waals surface area contributed by atoms with Crippen LogP contribution in [0, 0.1) is 0 Å². The summed E-state index contributed by atoms with van der Waals surface area (Å²) in [6, 6.07) is 21.5. The summed E-state index contributed by atoms with van der Waals surface area (Å²) in [5, 5.41) is 1.12. The van der Waals surface area contributed by atoms with Crippen LogP contribution in [0.2, 0.25) is 0 Å². The lowest BCUT2D eigenvalue weighted by molar-refractivity contribution is -0.669. The van der Waals surface area contributed by atoms with Crippen LogP contribution in [0.4, 0.5) is 5.69 Å². The molecule has 0 saturated heterocycles. The lowest BCUT2D eigenvalue weighted by Gasteiger charge is -2.24. The van der Waals surface area contributed by atoms with Crippen LogP contribution in [0.5, 0.6) is 0 Å². The number of anilines is 1. The number of hydrogen-bond donors (Lipinski definition) is 1. The molecule has 4 aromatic rings. The van der Waals surface area contributed by atoms with Gasteiger partial charge in [0.1, 0.15) is 4.70 Å². The fourth-order valence-electron chi connectivity index (χ4n) is 4.71. The first-order chi connectivity index (χ1) is 19.9. The maximum absolute atomic E-state index is 11.1. The minimum atomic E-state index is -3.92. The van der Waals surface area contributed by atoms with Gasteiger partial charge in [-0.3, -0.25) is 4.55 Å². The van der Waals surface area contributed by atoms with Gasteiger partial charge in [0.25, 0.3) is 15.1 Å². The third-order valence-electron chi connectivity index (χ3n) is 6.97. The Balaban J connectivity index is 1.41. The maximum Gasteiger partial charge on any atom is 0.264 e. The molecule has 0 amide bonds. The van der Waals surface area contributed by atoms with Crippen molar-refractivity contribution in [2.75, 3.05) is 23.7 Å². The first kappa shape index (κ1) is 31.2. The Morgan fingerprint density at radius 2 is 1.44 bits per heavy atom. The van der Waals surface area contributed by atoms with Crippen LogP contribution in [0.1, 0.15) is 72.7 Å². The van der Waals surface area contributed by atoms with Crippen LogP contribution >= 0.6 is 22.7 Å². The average molecular weight is 610 g/mol. The number of thiophene rings is 1. The van der Waals surface area contributed by atoms with Crippen molar-refractivity contribution in [3.63, 3.8) is 0 Å². The fourth-order valence-corrected chi connectivity index (χ4v) is 7.18. The SMILES string of the molecule is CCCCN(CCCC)c1ccc(/C=C/c2ccc(/C=C/c3sc4ccccc4[n+]3CCCCS(=O)(=O)O)s2)cc1. The zero-order chi connectivity index (χ0) is 29.1. The van der Waals surface area contributed by atoms with E-state index < -0.39 is 10.1 Å². The van der Waals surface area contributed by atoms with Gasteiger partial charge in [-0.25, -0.2) is 0 Å². The third-order valence-corrected chi connectivity index (χ3v) is 9.92. The van der Waals surface area contributed by atoms with Gasteiger partial charge in [-0.1, -0.05) is 68.4 Å². The van der Waals surface area contributed by atoms with Crippen LogP contribution in [0.25, 0.3) is 34.5 Å². The first-order valence-corrected chi connectivity index (χ1v) is 17.8. The summed E-state index contributed by atoms with van der Waals surface area (Å²) in [7, 11) is -3.92. The van der Waals surface area contributed by atoms with Crippen molar-refractivity contribution in [3.8, 4) is 0 Å². The third kappa shape index (κ3) is 9.64. The van der Waals surface area contributed by atoms with E-state index >= 15 is 0 Å². The summed E-state index contributed by atoms with van der Waals surface area (Å²) >= 11 is 3.48. The number of unbranched alkanes of at least 4 members (excludes halogenated alkanes) is 3. The van der Waals surface area contributed by atoms with Gasteiger partial charge < -0.3 is 4.90 Å². The zero-order valence-electron chi connectivity index (χ0n) is 24.0. The van der Waals surface area contributed by atoms with E-state index in [-0.39, 0.29) is 5.75 Å². The Kier molecular flexibility index (Phi) is 11.7. The number of thiazole rings is 1. The molecule has 0 spiro atoms. The molecule has 0 fully saturated rings. The maximum atomic E-state index is 11.1. The Morgan fingerprint density at radius 3 is 2.10 bits per heavy atom. The fraction of sp³-hybridized carbons (Fsp3) is 0.364. The molecule has 218 valence electrons. The average Bonchev–Trinajstić information content (AvgIpc) is 3.57. The zero-order valence-corrected chi connectivity index (χ0v) is 26.5. The minimum Gasteiger partial charge on any atom is -0.372 e. The van der Waals surface area contributed by atoms with Crippen LogP contribution in [-0.4, -0.2) is 31.8 Å². The van der Waals surface area contributed by atoms with Gasteiger partial charge in [0.15, 0.2) is 6.54 Å². The normalized spacial score (nSPS) is 12.3. The number of hydrogen-bond acceptors (Lipinski definition) is 5. The highest BCUT2D eigenvalue weighted by atomic mass is 32.2. The molecule has 0 atom stereocenters. The molecule has 0 aliphatic carbocycles. The van der Waals surface area contributed by atoms with E-state index in [9.17, 15) is 8.42 Å². The highest BCUT2D eigenvalue weighted by Gasteiger charge is 2.18. The summed E-state index contributed by atoms with van der Waals surface area (Å²) in [4.78, 5) is 4.90. The topological polar surface area (TPSA) is 61.5 Å². The largest absolute Gasteiger partial charge is 0.372 e. The van der Waals surface area contributed by atoms with E-state index in [1.165, 1.54) is 51.4 Å². The Bertz CT molecular complexity index is 1540.